The molecule has 0 aliphatic heterocycles. The standard InChI is InChI=1S/C8H10N4O3/c1-2-15-4-3-11-6-7(5-9)8(10-11)12(13)14/h6H,2-4H2,1H3. The molecule has 1 aromatic heterocycles. The van der Waals surface area contributed by atoms with Crippen LogP contribution in [0.4, 0.5) is 5.82 Å². The van der Waals surface area contributed by atoms with Gasteiger partial charge in [-0.05, 0) is 11.8 Å². The Morgan fingerprint density at radius 1 is 1.80 bits per heavy atom. The van der Waals surface area contributed by atoms with Gasteiger partial charge < -0.3 is 14.9 Å². The second-order valence-electron chi connectivity index (χ2n) is 2.70. The highest BCUT2D eigenvalue weighted by atomic mass is 16.6. The quantitative estimate of drug-likeness (QED) is 0.405. The minimum atomic E-state index is -0.671. The highest BCUT2D eigenvalue weighted by Crippen LogP contribution is 2.13. The van der Waals surface area contributed by atoms with Crippen molar-refractivity contribution in [3.63, 3.8) is 0 Å². The molecule has 0 N–H and O–H groups in total. The van der Waals surface area contributed by atoms with Gasteiger partial charge in [0.05, 0.1) is 24.4 Å². The van der Waals surface area contributed by atoms with E-state index in [1.165, 1.54) is 10.9 Å². The Bertz CT molecular complexity index is 393. The van der Waals surface area contributed by atoms with Gasteiger partial charge in [0.1, 0.15) is 6.07 Å². The molecule has 1 aromatic rings. The Balaban J connectivity index is 2.75. The summed E-state index contributed by atoms with van der Waals surface area (Å²) in [6.07, 6.45) is 1.34. The van der Waals surface area contributed by atoms with Crippen LogP contribution in [0.2, 0.25) is 0 Å². The Morgan fingerprint density at radius 3 is 3.00 bits per heavy atom. The fraction of sp³-hybridized carbons (Fsp3) is 0.500. The maximum Gasteiger partial charge on any atom is 0.407 e. The van der Waals surface area contributed by atoms with Gasteiger partial charge in [-0.2, -0.15) is 9.94 Å². The third-order valence-electron chi connectivity index (χ3n) is 1.70. The first-order valence-corrected chi connectivity index (χ1v) is 4.38. The van der Waals surface area contributed by atoms with Crippen molar-refractivity contribution in [3.8, 4) is 6.07 Å². The number of rotatable bonds is 5. The van der Waals surface area contributed by atoms with Crippen molar-refractivity contribution < 1.29 is 9.66 Å². The molecular weight excluding hydrogens is 200 g/mol. The zero-order chi connectivity index (χ0) is 11.3. The van der Waals surface area contributed by atoms with Crippen molar-refractivity contribution in [1.82, 2.24) is 9.78 Å². The lowest BCUT2D eigenvalue weighted by Gasteiger charge is -1.96. The Kier molecular flexibility index (Phi) is 3.76. The van der Waals surface area contributed by atoms with Gasteiger partial charge in [-0.15, -0.1) is 0 Å². The average molecular weight is 210 g/mol. The molecule has 80 valence electrons. The van der Waals surface area contributed by atoms with Gasteiger partial charge in [-0.1, -0.05) is 0 Å². The van der Waals surface area contributed by atoms with Crippen LogP contribution in [0, 0.1) is 21.4 Å². The number of hydrogen-bond acceptors (Lipinski definition) is 5. The predicted molar refractivity (Wildman–Crippen MR) is 50.1 cm³/mol. The lowest BCUT2D eigenvalue weighted by atomic mass is 10.4. The van der Waals surface area contributed by atoms with Gasteiger partial charge in [-0.25, -0.2) is 0 Å². The smallest absolute Gasteiger partial charge is 0.380 e. The monoisotopic (exact) mass is 210 g/mol. The van der Waals surface area contributed by atoms with Gasteiger partial charge >= 0.3 is 5.82 Å². The van der Waals surface area contributed by atoms with Crippen molar-refractivity contribution in [2.75, 3.05) is 13.2 Å². The second-order valence-corrected chi connectivity index (χ2v) is 2.70. The van der Waals surface area contributed by atoms with E-state index in [1.54, 1.807) is 6.07 Å². The van der Waals surface area contributed by atoms with E-state index in [0.717, 1.165) is 0 Å². The summed E-state index contributed by atoms with van der Waals surface area (Å²) in [5.41, 5.74) is -0.0310. The van der Waals surface area contributed by atoms with Crippen LogP contribution in [-0.2, 0) is 11.3 Å². The maximum atomic E-state index is 10.5. The number of nitriles is 1. The summed E-state index contributed by atoms with van der Waals surface area (Å²) in [5.74, 6) is -0.408. The molecule has 0 spiro atoms. The zero-order valence-corrected chi connectivity index (χ0v) is 8.21. The minimum absolute atomic E-state index is 0.0310. The first kappa shape index (κ1) is 11.1. The molecule has 0 radical (unpaired) electrons. The first-order chi connectivity index (χ1) is 7.19. The lowest BCUT2D eigenvalue weighted by Crippen LogP contribution is -2.06. The fourth-order valence-corrected chi connectivity index (χ4v) is 1.04. The summed E-state index contributed by atoms with van der Waals surface area (Å²) in [6, 6.07) is 1.72. The van der Waals surface area contributed by atoms with Gasteiger partial charge in [0, 0.05) is 6.61 Å². The summed E-state index contributed by atoms with van der Waals surface area (Å²) in [6.45, 7) is 3.25. The van der Waals surface area contributed by atoms with Crippen molar-refractivity contribution >= 4 is 5.82 Å². The molecule has 0 amide bonds. The van der Waals surface area contributed by atoms with Gasteiger partial charge in [0.15, 0.2) is 5.56 Å². The van der Waals surface area contributed by atoms with E-state index in [2.05, 4.69) is 5.10 Å². The number of nitro groups is 1. The van der Waals surface area contributed by atoms with Crippen LogP contribution in [0.15, 0.2) is 6.20 Å². The van der Waals surface area contributed by atoms with Crippen LogP contribution in [0.3, 0.4) is 0 Å². The summed E-state index contributed by atoms with van der Waals surface area (Å²) in [4.78, 5) is 9.80. The average Bonchev–Trinajstić information content (AvgIpc) is 2.62. The minimum Gasteiger partial charge on any atom is -0.380 e. The fourth-order valence-electron chi connectivity index (χ4n) is 1.04. The van der Waals surface area contributed by atoms with Crippen molar-refractivity contribution in [1.29, 1.82) is 5.26 Å². The molecule has 0 unspecified atom stereocenters. The van der Waals surface area contributed by atoms with E-state index >= 15 is 0 Å². The highest BCUT2D eigenvalue weighted by Gasteiger charge is 2.19. The molecule has 0 fully saturated rings. The third-order valence-corrected chi connectivity index (χ3v) is 1.70. The van der Waals surface area contributed by atoms with E-state index in [4.69, 9.17) is 10.00 Å². The first-order valence-electron chi connectivity index (χ1n) is 4.38. The molecule has 0 bridgehead atoms. The number of nitrogens with zero attached hydrogens (tertiary/aromatic N) is 4. The normalized spacial score (nSPS) is 9.87. The Morgan fingerprint density at radius 2 is 2.53 bits per heavy atom. The Hall–Kier alpha value is -1.94. The van der Waals surface area contributed by atoms with Crippen LogP contribution in [0.1, 0.15) is 12.5 Å². The molecule has 1 heterocycles. The molecule has 7 heteroatoms. The predicted octanol–water partition coefficient (Wildman–Crippen LogP) is 0.699. The molecule has 0 atom stereocenters. The SMILES string of the molecule is CCOCCn1cc(C#N)c([N+](=O)[O-])n1. The summed E-state index contributed by atoms with van der Waals surface area (Å²) >= 11 is 0. The van der Waals surface area contributed by atoms with Crippen LogP contribution in [-0.4, -0.2) is 27.9 Å². The van der Waals surface area contributed by atoms with Crippen LogP contribution in [0.25, 0.3) is 0 Å². The maximum absolute atomic E-state index is 10.5. The topological polar surface area (TPSA) is 94.0 Å². The van der Waals surface area contributed by atoms with Gasteiger partial charge in [-0.3, -0.25) is 0 Å². The molecule has 15 heavy (non-hydrogen) atoms. The number of hydrogen-bond donors (Lipinski definition) is 0. The zero-order valence-electron chi connectivity index (χ0n) is 8.21. The van der Waals surface area contributed by atoms with Gasteiger partial charge in [0.25, 0.3) is 0 Å². The van der Waals surface area contributed by atoms with Crippen molar-refractivity contribution in [2.45, 2.75) is 13.5 Å². The largest absolute Gasteiger partial charge is 0.407 e. The summed E-state index contributed by atoms with van der Waals surface area (Å²) < 4.78 is 6.41. The molecule has 0 aliphatic carbocycles. The molecule has 0 saturated carbocycles. The Labute approximate surface area is 86.0 Å². The molecular formula is C8H10N4O3. The molecule has 1 rings (SSSR count). The van der Waals surface area contributed by atoms with E-state index in [-0.39, 0.29) is 5.56 Å². The second kappa shape index (κ2) is 5.07. The summed E-state index contributed by atoms with van der Waals surface area (Å²) in [7, 11) is 0. The molecule has 0 aliphatic rings. The van der Waals surface area contributed by atoms with E-state index in [9.17, 15) is 10.1 Å². The third kappa shape index (κ3) is 2.75. The van der Waals surface area contributed by atoms with Gasteiger partial charge in [0.2, 0.25) is 0 Å². The van der Waals surface area contributed by atoms with Crippen LogP contribution >= 0.6 is 0 Å². The highest BCUT2D eigenvalue weighted by molar-refractivity contribution is 5.40. The van der Waals surface area contributed by atoms with E-state index in [1.807, 2.05) is 6.92 Å². The molecule has 0 saturated heterocycles. The van der Waals surface area contributed by atoms with Crippen molar-refractivity contribution in [3.05, 3.63) is 21.9 Å². The molecule has 7 nitrogen and oxygen atoms in total. The van der Waals surface area contributed by atoms with E-state index in [0.29, 0.717) is 19.8 Å². The summed E-state index contributed by atoms with van der Waals surface area (Å²) in [5, 5.41) is 22.8. The molecule has 0 aromatic carbocycles. The van der Waals surface area contributed by atoms with Crippen LogP contribution in [0.5, 0.6) is 0 Å². The van der Waals surface area contributed by atoms with E-state index < -0.39 is 10.7 Å². The number of ether oxygens (including phenoxy) is 1. The lowest BCUT2D eigenvalue weighted by molar-refractivity contribution is -0.390. The van der Waals surface area contributed by atoms with Crippen molar-refractivity contribution in [2.24, 2.45) is 0 Å². The number of aromatic nitrogens is 2. The van der Waals surface area contributed by atoms with Crippen LogP contribution < -0.4 is 0 Å².